The maximum Gasteiger partial charge on any atom is 0.503 e. The summed E-state index contributed by atoms with van der Waals surface area (Å²) in [7, 11) is 0.661. The number of ether oxygens (including phenoxy) is 1. The van der Waals surface area contributed by atoms with E-state index in [1.54, 1.807) is 0 Å². The Morgan fingerprint density at radius 3 is 2.08 bits per heavy atom. The lowest BCUT2D eigenvalue weighted by atomic mass is 11.0. The topological polar surface area (TPSA) is 66.8 Å². The molecule has 0 spiro atoms. The summed E-state index contributed by atoms with van der Waals surface area (Å²) in [6, 6.07) is 0. The van der Waals surface area contributed by atoms with Gasteiger partial charge in [-0.05, 0) is 0 Å². The highest BCUT2D eigenvalue weighted by atomic mass is 32.2. The highest BCUT2D eigenvalue weighted by molar-refractivity contribution is 7.77. The van der Waals surface area contributed by atoms with E-state index in [0.717, 1.165) is 0 Å². The van der Waals surface area contributed by atoms with E-state index in [0.29, 0.717) is 7.11 Å². The lowest BCUT2D eigenvalue weighted by Crippen LogP contribution is -2.43. The lowest BCUT2D eigenvalue weighted by molar-refractivity contribution is -0.197. The number of methoxy groups -OCH3 is 1. The Morgan fingerprint density at radius 2 is 2.00 bits per heavy atom. The summed E-state index contributed by atoms with van der Waals surface area (Å²) in [6.45, 7) is 0. The number of carbonyl (C=O) groups is 1. The van der Waals surface area contributed by atoms with Crippen molar-refractivity contribution >= 4 is 17.4 Å². The van der Waals surface area contributed by atoms with Crippen molar-refractivity contribution in [1.82, 2.24) is 4.31 Å². The van der Waals surface area contributed by atoms with Crippen LogP contribution in [0.15, 0.2) is 0 Å². The van der Waals surface area contributed by atoms with Crippen LogP contribution in [0.1, 0.15) is 0 Å². The first-order chi connectivity index (χ1) is 5.30. The fourth-order valence-electron chi connectivity index (χ4n) is 0.339. The molecular formula is C3H4F3NO4S. The zero-order valence-corrected chi connectivity index (χ0v) is 6.48. The number of carbonyl (C=O) groups excluding carboxylic acids is 1. The van der Waals surface area contributed by atoms with Crippen LogP contribution >= 0.6 is 0 Å². The minimum atomic E-state index is -5.23. The number of hydrogen-bond donors (Lipinski definition) is 1. The second-order valence-electron chi connectivity index (χ2n) is 1.46. The second-order valence-corrected chi connectivity index (χ2v) is 2.29. The van der Waals surface area contributed by atoms with E-state index in [2.05, 4.69) is 4.74 Å². The van der Waals surface area contributed by atoms with Gasteiger partial charge in [-0.15, -0.1) is 17.5 Å². The smallest absolute Gasteiger partial charge is 0.452 e. The average molecular weight is 207 g/mol. The summed E-state index contributed by atoms with van der Waals surface area (Å²) in [4.78, 5) is 10.2. The van der Waals surface area contributed by atoms with Gasteiger partial charge >= 0.3 is 12.4 Å². The predicted molar refractivity (Wildman–Crippen MR) is 31.1 cm³/mol. The van der Waals surface area contributed by atoms with Crippen LogP contribution in [0.2, 0.25) is 0 Å². The number of nitrogens with zero attached hydrogens (tertiary/aromatic N) is 1. The maximum absolute atomic E-state index is 11.7. The third-order valence-corrected chi connectivity index (χ3v) is 1.40. The van der Waals surface area contributed by atoms with E-state index in [4.69, 9.17) is 4.55 Å². The number of amides is 1. The van der Waals surface area contributed by atoms with E-state index >= 15 is 0 Å². The number of halogens is 3. The van der Waals surface area contributed by atoms with Crippen molar-refractivity contribution in [3.8, 4) is 0 Å². The lowest BCUT2D eigenvalue weighted by Gasteiger charge is -2.18. The molecule has 12 heavy (non-hydrogen) atoms. The van der Waals surface area contributed by atoms with E-state index in [9.17, 15) is 22.2 Å². The molecule has 0 aromatic rings. The zero-order chi connectivity index (χ0) is 9.94. The van der Waals surface area contributed by atoms with Crippen molar-refractivity contribution in [3.05, 3.63) is 0 Å². The Labute approximate surface area is 67.5 Å². The van der Waals surface area contributed by atoms with Crippen molar-refractivity contribution in [1.29, 1.82) is 0 Å². The molecule has 0 fully saturated rings. The SMILES string of the molecule is COC(=O)N(S(=O)O)C(F)(F)F. The first kappa shape index (κ1) is 11.2. The van der Waals surface area contributed by atoms with Gasteiger partial charge in [0.1, 0.15) is 0 Å². The van der Waals surface area contributed by atoms with Gasteiger partial charge in [-0.3, -0.25) is 4.55 Å². The van der Waals surface area contributed by atoms with Gasteiger partial charge in [0.25, 0.3) is 11.3 Å². The molecule has 0 saturated carbocycles. The monoisotopic (exact) mass is 207 g/mol. The van der Waals surface area contributed by atoms with Gasteiger partial charge in [0.05, 0.1) is 7.11 Å². The number of hydrogen-bond acceptors (Lipinski definition) is 3. The zero-order valence-electron chi connectivity index (χ0n) is 5.66. The highest BCUT2D eigenvalue weighted by Gasteiger charge is 2.46. The van der Waals surface area contributed by atoms with Crippen molar-refractivity contribution in [2.24, 2.45) is 0 Å². The summed E-state index contributed by atoms with van der Waals surface area (Å²) in [6.07, 6.45) is -7.17. The summed E-state index contributed by atoms with van der Waals surface area (Å²) in [5.74, 6) is 0. The fourth-order valence-corrected chi connectivity index (χ4v) is 0.718. The van der Waals surface area contributed by atoms with Crippen molar-refractivity contribution in [3.63, 3.8) is 0 Å². The van der Waals surface area contributed by atoms with Crippen LogP contribution < -0.4 is 0 Å². The van der Waals surface area contributed by atoms with Crippen LogP contribution in [0.3, 0.4) is 0 Å². The Bertz CT molecular complexity index is 204. The first-order valence-corrected chi connectivity index (χ1v) is 3.43. The van der Waals surface area contributed by atoms with Crippen LogP contribution in [-0.2, 0) is 16.0 Å². The molecule has 0 aromatic heterocycles. The molecule has 0 rings (SSSR count). The Balaban J connectivity index is 4.68. The van der Waals surface area contributed by atoms with Gasteiger partial charge < -0.3 is 4.74 Å². The van der Waals surface area contributed by atoms with E-state index in [1.165, 1.54) is 0 Å². The second kappa shape index (κ2) is 3.72. The van der Waals surface area contributed by atoms with Gasteiger partial charge in [-0.1, -0.05) is 0 Å². The third kappa shape index (κ3) is 2.66. The molecule has 1 N–H and O–H groups in total. The molecule has 5 nitrogen and oxygen atoms in total. The van der Waals surface area contributed by atoms with Gasteiger partial charge in [0.15, 0.2) is 0 Å². The fraction of sp³-hybridized carbons (Fsp3) is 0.667. The quantitative estimate of drug-likeness (QED) is 0.508. The van der Waals surface area contributed by atoms with Crippen molar-refractivity contribution in [2.45, 2.75) is 6.30 Å². The van der Waals surface area contributed by atoms with Crippen molar-refractivity contribution < 1.29 is 31.5 Å². The van der Waals surface area contributed by atoms with E-state index < -0.39 is 28.0 Å². The Morgan fingerprint density at radius 1 is 1.58 bits per heavy atom. The van der Waals surface area contributed by atoms with E-state index in [-0.39, 0.29) is 0 Å². The standard InChI is InChI=1S/C3H4F3NO4S/c1-11-2(8)7(12(9)10)3(4,5)6/h1H3,(H,9,10). The van der Waals surface area contributed by atoms with Gasteiger partial charge in [-0.25, -0.2) is 9.00 Å². The molecular weight excluding hydrogens is 203 g/mol. The number of alkyl halides is 3. The molecule has 0 radical (unpaired) electrons. The van der Waals surface area contributed by atoms with Gasteiger partial charge in [0, 0.05) is 0 Å². The summed E-state index contributed by atoms with van der Waals surface area (Å²) >= 11 is -3.47. The molecule has 0 aromatic carbocycles. The average Bonchev–Trinajstić information content (AvgIpc) is 1.83. The molecule has 9 heteroatoms. The van der Waals surface area contributed by atoms with Gasteiger partial charge in [0.2, 0.25) is 0 Å². The predicted octanol–water partition coefficient (Wildman–Crippen LogP) is 0.711. The largest absolute Gasteiger partial charge is 0.503 e. The number of rotatable bonds is 1. The normalized spacial score (nSPS) is 13.8. The Hall–Kier alpha value is -0.830. The van der Waals surface area contributed by atoms with E-state index in [1.807, 2.05) is 0 Å². The van der Waals surface area contributed by atoms with Crippen LogP contribution in [0.4, 0.5) is 18.0 Å². The molecule has 0 heterocycles. The molecule has 0 aliphatic carbocycles. The first-order valence-electron chi connectivity index (χ1n) is 2.36. The van der Waals surface area contributed by atoms with Crippen LogP contribution in [0.25, 0.3) is 0 Å². The summed E-state index contributed by atoms with van der Waals surface area (Å²) in [5, 5.41) is 0. The molecule has 1 amide bonds. The molecule has 72 valence electrons. The van der Waals surface area contributed by atoms with Crippen LogP contribution in [0, 0.1) is 0 Å². The maximum atomic E-state index is 11.7. The third-order valence-electron chi connectivity index (χ3n) is 0.727. The van der Waals surface area contributed by atoms with Crippen LogP contribution in [-0.4, -0.2) is 32.6 Å². The van der Waals surface area contributed by atoms with Gasteiger partial charge in [-0.2, -0.15) is 0 Å². The summed E-state index contributed by atoms with van der Waals surface area (Å²) in [5.41, 5.74) is 0. The Kier molecular flexibility index (Phi) is 3.46. The molecule has 1 unspecified atom stereocenters. The highest BCUT2D eigenvalue weighted by Crippen LogP contribution is 2.22. The molecule has 0 bridgehead atoms. The summed E-state index contributed by atoms with van der Waals surface area (Å²) < 4.78 is 55.4. The molecule has 1 atom stereocenters. The minimum Gasteiger partial charge on any atom is -0.452 e. The van der Waals surface area contributed by atoms with Crippen LogP contribution in [0.5, 0.6) is 0 Å². The molecule has 0 aliphatic rings. The molecule has 0 aliphatic heterocycles. The van der Waals surface area contributed by atoms with Crippen molar-refractivity contribution in [2.75, 3.05) is 7.11 Å². The molecule has 0 saturated heterocycles. The minimum absolute atomic E-state index is 0.661.